The lowest BCUT2D eigenvalue weighted by molar-refractivity contribution is -0.137. The predicted octanol–water partition coefficient (Wildman–Crippen LogP) is 0.849. The number of carboxylic acids is 1. The van der Waals surface area contributed by atoms with Crippen molar-refractivity contribution >= 4 is 17.2 Å². The van der Waals surface area contributed by atoms with Crippen molar-refractivity contribution in [2.24, 2.45) is 0 Å². The van der Waals surface area contributed by atoms with Gasteiger partial charge in [0.1, 0.15) is 12.4 Å². The maximum atomic E-state index is 12.8. The standard InChI is InChI=1S/C9H10FNO4S/c10-8-3-1-2-7(4-8)5-11(16(14)15)6-9(12)13/h1-4H,5-6H2,(H,12,13)(H,14,15). The molecule has 0 fully saturated rings. The van der Waals surface area contributed by atoms with Gasteiger partial charge < -0.3 is 5.11 Å². The molecule has 1 unspecified atom stereocenters. The van der Waals surface area contributed by atoms with E-state index in [1.165, 1.54) is 18.2 Å². The Kier molecular flexibility index (Phi) is 4.53. The van der Waals surface area contributed by atoms with E-state index in [9.17, 15) is 13.4 Å². The summed E-state index contributed by atoms with van der Waals surface area (Å²) in [5.41, 5.74) is 0.434. The minimum Gasteiger partial charge on any atom is -0.480 e. The Hall–Kier alpha value is -1.31. The van der Waals surface area contributed by atoms with Gasteiger partial charge in [-0.3, -0.25) is 9.35 Å². The lowest BCUT2D eigenvalue weighted by atomic mass is 10.2. The molecule has 0 heterocycles. The van der Waals surface area contributed by atoms with Crippen LogP contribution in [-0.2, 0) is 22.6 Å². The molecule has 0 aliphatic heterocycles. The number of halogens is 1. The van der Waals surface area contributed by atoms with E-state index in [2.05, 4.69) is 0 Å². The van der Waals surface area contributed by atoms with Crippen molar-refractivity contribution in [3.8, 4) is 0 Å². The Morgan fingerprint density at radius 3 is 2.69 bits per heavy atom. The first kappa shape index (κ1) is 12.8. The van der Waals surface area contributed by atoms with Crippen LogP contribution in [0.4, 0.5) is 4.39 Å². The lowest BCUT2D eigenvalue weighted by Crippen LogP contribution is -2.30. The highest BCUT2D eigenvalue weighted by Gasteiger charge is 2.15. The molecular weight excluding hydrogens is 237 g/mol. The van der Waals surface area contributed by atoms with Crippen LogP contribution in [0.3, 0.4) is 0 Å². The smallest absolute Gasteiger partial charge is 0.318 e. The van der Waals surface area contributed by atoms with Crippen LogP contribution in [0.5, 0.6) is 0 Å². The Bertz CT molecular complexity index is 412. The molecular formula is C9H10FNO4S. The monoisotopic (exact) mass is 247 g/mol. The third-order valence-corrected chi connectivity index (χ3v) is 2.48. The Morgan fingerprint density at radius 2 is 2.19 bits per heavy atom. The summed E-state index contributed by atoms with van der Waals surface area (Å²) in [6.07, 6.45) is 0. The number of benzene rings is 1. The van der Waals surface area contributed by atoms with E-state index in [4.69, 9.17) is 9.66 Å². The van der Waals surface area contributed by atoms with E-state index >= 15 is 0 Å². The quantitative estimate of drug-likeness (QED) is 0.756. The highest BCUT2D eigenvalue weighted by Crippen LogP contribution is 2.08. The molecule has 16 heavy (non-hydrogen) atoms. The van der Waals surface area contributed by atoms with Gasteiger partial charge in [-0.25, -0.2) is 8.60 Å². The van der Waals surface area contributed by atoms with Crippen LogP contribution in [0.15, 0.2) is 24.3 Å². The van der Waals surface area contributed by atoms with Gasteiger partial charge in [-0.1, -0.05) is 12.1 Å². The fourth-order valence-electron chi connectivity index (χ4n) is 1.16. The molecule has 0 amide bonds. The number of nitrogens with zero attached hydrogens (tertiary/aromatic N) is 1. The van der Waals surface area contributed by atoms with Crippen LogP contribution in [0.25, 0.3) is 0 Å². The zero-order valence-corrected chi connectivity index (χ0v) is 8.98. The number of aliphatic carboxylic acids is 1. The Balaban J connectivity index is 2.75. The molecule has 1 rings (SSSR count). The van der Waals surface area contributed by atoms with E-state index in [1.807, 2.05) is 0 Å². The molecule has 0 saturated carbocycles. The zero-order chi connectivity index (χ0) is 12.1. The summed E-state index contributed by atoms with van der Waals surface area (Å²) in [5, 5.41) is 8.50. The first-order chi connectivity index (χ1) is 7.49. The molecule has 2 N–H and O–H groups in total. The number of hydrogen-bond acceptors (Lipinski definition) is 2. The van der Waals surface area contributed by atoms with Crippen molar-refractivity contribution in [3.63, 3.8) is 0 Å². The summed E-state index contributed by atoms with van der Waals surface area (Å²) in [4.78, 5) is 10.4. The molecule has 0 aromatic heterocycles. The average molecular weight is 247 g/mol. The molecule has 0 aliphatic carbocycles. The molecule has 0 radical (unpaired) electrons. The van der Waals surface area contributed by atoms with Crippen LogP contribution >= 0.6 is 0 Å². The first-order valence-corrected chi connectivity index (χ1v) is 5.37. The topological polar surface area (TPSA) is 77.8 Å². The average Bonchev–Trinajstić information content (AvgIpc) is 2.15. The fraction of sp³-hybridized carbons (Fsp3) is 0.222. The summed E-state index contributed by atoms with van der Waals surface area (Å²) in [5.74, 6) is -1.70. The number of carbonyl (C=O) groups is 1. The van der Waals surface area contributed by atoms with Gasteiger partial charge in [-0.15, -0.1) is 0 Å². The molecule has 0 aliphatic rings. The molecule has 5 nitrogen and oxygen atoms in total. The Labute approximate surface area is 93.9 Å². The van der Waals surface area contributed by atoms with Gasteiger partial charge in [0.15, 0.2) is 0 Å². The van der Waals surface area contributed by atoms with Gasteiger partial charge in [0.05, 0.1) is 0 Å². The Morgan fingerprint density at radius 1 is 1.50 bits per heavy atom. The zero-order valence-electron chi connectivity index (χ0n) is 8.17. The third kappa shape index (κ3) is 4.05. The largest absolute Gasteiger partial charge is 0.480 e. The molecule has 0 spiro atoms. The summed E-state index contributed by atoms with van der Waals surface area (Å²) < 4.78 is 33.2. The van der Waals surface area contributed by atoms with Crippen molar-refractivity contribution in [2.75, 3.05) is 6.54 Å². The second-order valence-corrected chi connectivity index (χ2v) is 4.03. The van der Waals surface area contributed by atoms with Crippen LogP contribution in [0.2, 0.25) is 0 Å². The van der Waals surface area contributed by atoms with Crippen LogP contribution in [-0.4, -0.2) is 30.7 Å². The van der Waals surface area contributed by atoms with Crippen molar-refractivity contribution in [2.45, 2.75) is 6.54 Å². The molecule has 1 atom stereocenters. The first-order valence-electron chi connectivity index (χ1n) is 4.31. The predicted molar refractivity (Wildman–Crippen MR) is 55.2 cm³/mol. The minimum absolute atomic E-state index is 0.104. The molecule has 88 valence electrons. The molecule has 7 heteroatoms. The van der Waals surface area contributed by atoms with Gasteiger partial charge in [0, 0.05) is 6.54 Å². The van der Waals surface area contributed by atoms with E-state index in [0.717, 1.165) is 4.31 Å². The molecule has 0 saturated heterocycles. The van der Waals surface area contributed by atoms with E-state index < -0.39 is 29.6 Å². The van der Waals surface area contributed by atoms with E-state index in [1.54, 1.807) is 6.07 Å². The van der Waals surface area contributed by atoms with Crippen LogP contribution in [0, 0.1) is 5.82 Å². The summed E-state index contributed by atoms with van der Waals surface area (Å²) >= 11 is -2.40. The number of hydrogen-bond donors (Lipinski definition) is 2. The van der Waals surface area contributed by atoms with E-state index in [-0.39, 0.29) is 6.54 Å². The SMILES string of the molecule is O=C(O)CN(Cc1cccc(F)c1)S(=O)O. The maximum absolute atomic E-state index is 12.8. The van der Waals surface area contributed by atoms with Crippen LogP contribution in [0.1, 0.15) is 5.56 Å². The van der Waals surface area contributed by atoms with Crippen molar-refractivity contribution in [1.29, 1.82) is 0 Å². The highest BCUT2D eigenvalue weighted by molar-refractivity contribution is 7.76. The molecule has 1 aromatic rings. The van der Waals surface area contributed by atoms with Gasteiger partial charge in [0.25, 0.3) is 0 Å². The van der Waals surface area contributed by atoms with Gasteiger partial charge >= 0.3 is 5.97 Å². The highest BCUT2D eigenvalue weighted by atomic mass is 32.2. The second-order valence-electron chi connectivity index (χ2n) is 3.05. The van der Waals surface area contributed by atoms with Gasteiger partial charge in [-0.2, -0.15) is 4.31 Å². The summed E-state index contributed by atoms with van der Waals surface area (Å²) in [7, 11) is 0. The van der Waals surface area contributed by atoms with Crippen molar-refractivity contribution < 1.29 is 23.1 Å². The third-order valence-electron chi connectivity index (χ3n) is 1.78. The maximum Gasteiger partial charge on any atom is 0.318 e. The van der Waals surface area contributed by atoms with Crippen LogP contribution < -0.4 is 0 Å². The van der Waals surface area contributed by atoms with E-state index in [0.29, 0.717) is 5.56 Å². The summed E-state index contributed by atoms with van der Waals surface area (Å²) in [6, 6.07) is 5.41. The van der Waals surface area contributed by atoms with Crippen molar-refractivity contribution in [1.82, 2.24) is 4.31 Å². The second kappa shape index (κ2) is 5.69. The molecule has 0 bridgehead atoms. The fourth-order valence-corrected chi connectivity index (χ4v) is 1.64. The summed E-state index contributed by atoms with van der Waals surface area (Å²) in [6.45, 7) is -0.688. The molecule has 1 aromatic carbocycles. The number of rotatable bonds is 5. The minimum atomic E-state index is -2.40. The lowest BCUT2D eigenvalue weighted by Gasteiger charge is -2.14. The van der Waals surface area contributed by atoms with Gasteiger partial charge in [0.2, 0.25) is 11.3 Å². The van der Waals surface area contributed by atoms with Gasteiger partial charge in [-0.05, 0) is 17.7 Å². The number of carboxylic acid groups (broad SMARTS) is 1. The normalized spacial score (nSPS) is 12.7. The van der Waals surface area contributed by atoms with Crippen molar-refractivity contribution in [3.05, 3.63) is 35.6 Å².